The zero-order chi connectivity index (χ0) is 14.7. The van der Waals surface area contributed by atoms with Crippen molar-refractivity contribution in [2.45, 2.75) is 12.8 Å². The van der Waals surface area contributed by atoms with Crippen LogP contribution in [0.25, 0.3) is 11.4 Å². The van der Waals surface area contributed by atoms with E-state index < -0.39 is 0 Å². The topological polar surface area (TPSA) is 63.2 Å². The van der Waals surface area contributed by atoms with E-state index in [0.29, 0.717) is 11.8 Å². The number of methoxy groups -OCH3 is 1. The van der Waals surface area contributed by atoms with Gasteiger partial charge in [0.05, 0.1) is 7.11 Å². The van der Waals surface area contributed by atoms with Gasteiger partial charge in [0.15, 0.2) is 5.82 Å². The van der Waals surface area contributed by atoms with Crippen molar-refractivity contribution in [1.29, 1.82) is 0 Å². The highest BCUT2D eigenvalue weighted by molar-refractivity contribution is 5.60. The fourth-order valence-corrected chi connectivity index (χ4v) is 2.43. The van der Waals surface area contributed by atoms with Crippen LogP contribution in [0, 0.1) is 0 Å². The highest BCUT2D eigenvalue weighted by Gasteiger charge is 2.17. The Kier molecular flexibility index (Phi) is 3.85. The molecule has 0 atom stereocenters. The summed E-state index contributed by atoms with van der Waals surface area (Å²) in [6.07, 6.45) is 2.38. The van der Waals surface area contributed by atoms with Crippen molar-refractivity contribution in [3.63, 3.8) is 0 Å². The lowest BCUT2D eigenvalue weighted by Crippen LogP contribution is -2.21. The molecule has 0 radical (unpaired) electrons. The number of benzene rings is 1. The molecule has 0 unspecified atom stereocenters. The second-order valence-electron chi connectivity index (χ2n) is 4.96. The van der Waals surface area contributed by atoms with Crippen LogP contribution < -0.4 is 15.0 Å². The zero-order valence-electron chi connectivity index (χ0n) is 12.3. The van der Waals surface area contributed by atoms with Crippen molar-refractivity contribution >= 4 is 11.9 Å². The molecule has 0 spiro atoms. The Bertz CT molecular complexity index is 625. The van der Waals surface area contributed by atoms with Gasteiger partial charge >= 0.3 is 0 Å². The lowest BCUT2D eigenvalue weighted by molar-refractivity contribution is 0.415. The molecular weight excluding hydrogens is 266 g/mol. The van der Waals surface area contributed by atoms with E-state index in [4.69, 9.17) is 4.74 Å². The summed E-state index contributed by atoms with van der Waals surface area (Å²) in [7, 11) is 3.47. The lowest BCUT2D eigenvalue weighted by Gasteiger charge is -2.16. The Morgan fingerprint density at radius 1 is 1.14 bits per heavy atom. The first-order chi connectivity index (χ1) is 10.3. The third-order valence-corrected chi connectivity index (χ3v) is 3.56. The molecule has 0 saturated carbocycles. The minimum atomic E-state index is 0.588. The Morgan fingerprint density at radius 2 is 1.95 bits per heavy atom. The number of ether oxygens (including phenoxy) is 1. The summed E-state index contributed by atoms with van der Waals surface area (Å²) in [5.74, 6) is 2.78. The minimum Gasteiger partial charge on any atom is -0.497 e. The number of hydrogen-bond acceptors (Lipinski definition) is 6. The molecule has 1 fully saturated rings. The number of nitrogens with one attached hydrogen (secondary N) is 1. The molecular formula is C15H19N5O. The van der Waals surface area contributed by atoms with E-state index in [0.717, 1.165) is 30.4 Å². The third kappa shape index (κ3) is 2.89. The zero-order valence-corrected chi connectivity index (χ0v) is 12.3. The van der Waals surface area contributed by atoms with Crippen molar-refractivity contribution < 1.29 is 4.74 Å². The first-order valence-electron chi connectivity index (χ1n) is 7.13. The van der Waals surface area contributed by atoms with Crippen LogP contribution in [0.2, 0.25) is 0 Å². The minimum absolute atomic E-state index is 0.588. The van der Waals surface area contributed by atoms with Gasteiger partial charge in [-0.25, -0.2) is 0 Å². The van der Waals surface area contributed by atoms with Gasteiger partial charge in [0.1, 0.15) is 5.75 Å². The summed E-state index contributed by atoms with van der Waals surface area (Å²) in [4.78, 5) is 15.7. The second kappa shape index (κ2) is 5.95. The van der Waals surface area contributed by atoms with E-state index in [1.807, 2.05) is 31.3 Å². The smallest absolute Gasteiger partial charge is 0.230 e. The fourth-order valence-electron chi connectivity index (χ4n) is 2.43. The summed E-state index contributed by atoms with van der Waals surface area (Å²) in [5.41, 5.74) is 0.925. The van der Waals surface area contributed by atoms with Crippen LogP contribution in [-0.2, 0) is 0 Å². The fraction of sp³-hybridized carbons (Fsp3) is 0.400. The first-order valence-corrected chi connectivity index (χ1v) is 7.13. The van der Waals surface area contributed by atoms with Gasteiger partial charge in [0, 0.05) is 25.7 Å². The van der Waals surface area contributed by atoms with Crippen molar-refractivity contribution in [2.75, 3.05) is 37.5 Å². The standard InChI is InChI=1S/C15H19N5O/c1-16-14-17-13(11-6-5-7-12(10-11)21-2)18-15(19-14)20-8-3-4-9-20/h5-7,10H,3-4,8-9H2,1-2H3,(H,16,17,18,19). The monoisotopic (exact) mass is 285 g/mol. The van der Waals surface area contributed by atoms with Gasteiger partial charge in [-0.2, -0.15) is 15.0 Å². The summed E-state index contributed by atoms with van der Waals surface area (Å²) in [6, 6.07) is 7.76. The summed E-state index contributed by atoms with van der Waals surface area (Å²) in [6.45, 7) is 2.01. The van der Waals surface area contributed by atoms with Crippen LogP contribution in [0.3, 0.4) is 0 Å². The molecule has 0 amide bonds. The van der Waals surface area contributed by atoms with Crippen LogP contribution in [0.4, 0.5) is 11.9 Å². The average Bonchev–Trinajstić information content (AvgIpc) is 3.09. The van der Waals surface area contributed by atoms with E-state index in [2.05, 4.69) is 25.2 Å². The van der Waals surface area contributed by atoms with Gasteiger partial charge in [-0.15, -0.1) is 0 Å². The molecule has 6 heteroatoms. The maximum absolute atomic E-state index is 5.27. The Morgan fingerprint density at radius 3 is 2.67 bits per heavy atom. The Labute approximate surface area is 124 Å². The third-order valence-electron chi connectivity index (χ3n) is 3.56. The molecule has 1 aromatic carbocycles. The quantitative estimate of drug-likeness (QED) is 0.929. The molecule has 0 bridgehead atoms. The molecule has 1 N–H and O–H groups in total. The van der Waals surface area contributed by atoms with E-state index in [-0.39, 0.29) is 0 Å². The van der Waals surface area contributed by atoms with Gasteiger partial charge in [0.25, 0.3) is 0 Å². The molecule has 1 aliphatic rings. The first kappa shape index (κ1) is 13.6. The molecule has 1 aliphatic heterocycles. The van der Waals surface area contributed by atoms with E-state index >= 15 is 0 Å². The highest BCUT2D eigenvalue weighted by atomic mass is 16.5. The Balaban J connectivity index is 2.02. The highest BCUT2D eigenvalue weighted by Crippen LogP contribution is 2.24. The number of nitrogens with zero attached hydrogens (tertiary/aromatic N) is 4. The Hall–Kier alpha value is -2.37. The largest absolute Gasteiger partial charge is 0.497 e. The molecule has 110 valence electrons. The molecule has 1 saturated heterocycles. The van der Waals surface area contributed by atoms with E-state index in [9.17, 15) is 0 Å². The van der Waals surface area contributed by atoms with E-state index in [1.54, 1.807) is 7.11 Å². The molecule has 6 nitrogen and oxygen atoms in total. The van der Waals surface area contributed by atoms with Gasteiger partial charge in [-0.3, -0.25) is 0 Å². The predicted octanol–water partition coefficient (Wildman–Crippen LogP) is 2.19. The van der Waals surface area contributed by atoms with Gasteiger partial charge in [-0.05, 0) is 25.0 Å². The lowest BCUT2D eigenvalue weighted by atomic mass is 10.2. The van der Waals surface area contributed by atoms with Crippen molar-refractivity contribution in [3.8, 4) is 17.1 Å². The molecule has 0 aliphatic carbocycles. The molecule has 1 aromatic heterocycles. The summed E-state index contributed by atoms with van der Waals surface area (Å²) in [5, 5.41) is 3.01. The molecule has 2 heterocycles. The van der Waals surface area contributed by atoms with Crippen LogP contribution in [0.1, 0.15) is 12.8 Å². The second-order valence-corrected chi connectivity index (χ2v) is 4.96. The summed E-state index contributed by atoms with van der Waals surface area (Å²) >= 11 is 0. The van der Waals surface area contributed by atoms with Crippen molar-refractivity contribution in [2.24, 2.45) is 0 Å². The summed E-state index contributed by atoms with van der Waals surface area (Å²) < 4.78 is 5.27. The van der Waals surface area contributed by atoms with Crippen LogP contribution in [0.15, 0.2) is 24.3 Å². The number of anilines is 2. The number of rotatable bonds is 4. The van der Waals surface area contributed by atoms with Crippen LogP contribution in [0.5, 0.6) is 5.75 Å². The van der Waals surface area contributed by atoms with Crippen molar-refractivity contribution in [3.05, 3.63) is 24.3 Å². The van der Waals surface area contributed by atoms with Gasteiger partial charge in [0.2, 0.25) is 11.9 Å². The SMILES string of the molecule is CNc1nc(-c2cccc(OC)c2)nc(N2CCCC2)n1. The number of hydrogen-bond donors (Lipinski definition) is 1. The molecule has 21 heavy (non-hydrogen) atoms. The molecule has 3 rings (SSSR count). The normalized spacial score (nSPS) is 14.3. The van der Waals surface area contributed by atoms with Crippen LogP contribution in [-0.4, -0.2) is 42.2 Å². The van der Waals surface area contributed by atoms with E-state index in [1.165, 1.54) is 12.8 Å². The predicted molar refractivity (Wildman–Crippen MR) is 82.8 cm³/mol. The molecule has 2 aromatic rings. The maximum Gasteiger partial charge on any atom is 0.230 e. The maximum atomic E-state index is 5.27. The average molecular weight is 285 g/mol. The number of aromatic nitrogens is 3. The van der Waals surface area contributed by atoms with Gasteiger partial charge < -0.3 is 15.0 Å². The van der Waals surface area contributed by atoms with Crippen molar-refractivity contribution in [1.82, 2.24) is 15.0 Å². The van der Waals surface area contributed by atoms with Crippen LogP contribution >= 0.6 is 0 Å². The van der Waals surface area contributed by atoms with Gasteiger partial charge in [-0.1, -0.05) is 12.1 Å².